The van der Waals surface area contributed by atoms with Gasteiger partial charge in [-0.15, -0.1) is 0 Å². The number of halogens is 1. The number of nitrogens with one attached hydrogen (secondary N) is 1. The molecular weight excluding hydrogens is 562 g/mol. The van der Waals surface area contributed by atoms with Gasteiger partial charge in [0.15, 0.2) is 0 Å². The molecule has 2 saturated heterocycles. The van der Waals surface area contributed by atoms with Gasteiger partial charge in [-0.25, -0.2) is 0 Å². The normalized spacial score (nSPS) is 33.8. The number of aliphatic hydroxyl groups is 1. The molecule has 4 aliphatic heterocycles. The van der Waals surface area contributed by atoms with E-state index >= 15 is 0 Å². The highest BCUT2D eigenvalue weighted by Gasteiger charge is 2.74. The van der Waals surface area contributed by atoms with Crippen molar-refractivity contribution in [3.8, 4) is 0 Å². The third-order valence-corrected chi connectivity index (χ3v) is 9.29. The van der Waals surface area contributed by atoms with E-state index in [9.17, 15) is 24.3 Å². The first-order valence-corrected chi connectivity index (χ1v) is 15.0. The number of likely N-dealkylation sites (tertiary alicyclic amines) is 1. The van der Waals surface area contributed by atoms with Gasteiger partial charge in [0.05, 0.1) is 41.9 Å². The van der Waals surface area contributed by atoms with Gasteiger partial charge in [0.2, 0.25) is 11.8 Å². The standard InChI is InChI=1S/C31H38ClN3O7/c1-4-18(2)22(17-36)35-27-29(39)34(21-11-8-7-10-20(21)32)15-9-5-6-12-24(37)33-16-19(3)41-30(40)25-23-13-14-31(27,42-23)26(25)28(35)38/h5,7-11,13-14,18-19,22-23,25-27,36H,4,6,12,15-17H2,1-3H3,(H,33,37)/b9-5-/t18-,19+,22-,23-,25+,26+,27-,31+/m0/s1. The molecule has 2 N–H and O–H groups in total. The molecule has 5 bridgehead atoms. The van der Waals surface area contributed by atoms with E-state index in [0.29, 0.717) is 23.6 Å². The predicted octanol–water partition coefficient (Wildman–Crippen LogP) is 2.63. The smallest absolute Gasteiger partial charge is 0.313 e. The Bertz CT molecular complexity index is 1300. The zero-order valence-corrected chi connectivity index (χ0v) is 24.8. The highest BCUT2D eigenvalue weighted by Crippen LogP contribution is 2.56. The summed E-state index contributed by atoms with van der Waals surface area (Å²) >= 11 is 6.59. The lowest BCUT2D eigenvalue weighted by atomic mass is 9.74. The van der Waals surface area contributed by atoms with Gasteiger partial charge in [0, 0.05) is 13.0 Å². The van der Waals surface area contributed by atoms with Gasteiger partial charge in [-0.05, 0) is 31.4 Å². The number of anilines is 1. The molecule has 4 heterocycles. The molecule has 0 radical (unpaired) electrons. The summed E-state index contributed by atoms with van der Waals surface area (Å²) < 4.78 is 12.2. The average Bonchev–Trinajstić information content (AvgIpc) is 3.61. The molecule has 1 spiro atoms. The Hall–Kier alpha value is -3.21. The van der Waals surface area contributed by atoms with Crippen LogP contribution in [0.15, 0.2) is 48.6 Å². The van der Waals surface area contributed by atoms with Gasteiger partial charge < -0.3 is 29.7 Å². The molecule has 0 unspecified atom stereocenters. The van der Waals surface area contributed by atoms with Crippen molar-refractivity contribution in [3.05, 3.63) is 53.6 Å². The van der Waals surface area contributed by atoms with Gasteiger partial charge >= 0.3 is 5.97 Å². The quantitative estimate of drug-likeness (QED) is 0.394. The maximum atomic E-state index is 14.8. The highest BCUT2D eigenvalue weighted by atomic mass is 35.5. The largest absolute Gasteiger partial charge is 0.460 e. The summed E-state index contributed by atoms with van der Waals surface area (Å²) in [7, 11) is 0. The molecule has 8 atom stereocenters. The van der Waals surface area contributed by atoms with Crippen molar-refractivity contribution in [1.82, 2.24) is 10.2 Å². The van der Waals surface area contributed by atoms with Crippen LogP contribution in [0.25, 0.3) is 0 Å². The van der Waals surface area contributed by atoms with Crippen LogP contribution in [0.2, 0.25) is 5.02 Å². The van der Waals surface area contributed by atoms with Crippen LogP contribution < -0.4 is 10.2 Å². The number of amides is 3. The molecule has 5 rings (SSSR count). The van der Waals surface area contributed by atoms with Gasteiger partial charge in [-0.3, -0.25) is 19.2 Å². The number of rotatable bonds is 5. The number of fused-ring (bicyclic) bond motifs is 2. The molecule has 0 aliphatic carbocycles. The number of nitrogens with zero attached hydrogens (tertiary/aromatic N) is 2. The number of para-hydroxylation sites is 1. The second kappa shape index (κ2) is 12.2. The van der Waals surface area contributed by atoms with Crippen LogP contribution in [0.3, 0.4) is 0 Å². The maximum Gasteiger partial charge on any atom is 0.313 e. The number of allylic oxidation sites excluding steroid dienone is 1. The number of carbonyl (C=O) groups is 4. The third kappa shape index (κ3) is 5.14. The average molecular weight is 600 g/mol. The lowest BCUT2D eigenvalue weighted by Crippen LogP contribution is -2.59. The molecule has 42 heavy (non-hydrogen) atoms. The summed E-state index contributed by atoms with van der Waals surface area (Å²) in [5.41, 5.74) is -0.986. The monoisotopic (exact) mass is 599 g/mol. The first kappa shape index (κ1) is 30.3. The molecule has 0 aromatic heterocycles. The minimum absolute atomic E-state index is 0.117. The van der Waals surface area contributed by atoms with Crippen molar-refractivity contribution in [2.24, 2.45) is 17.8 Å². The second-order valence-electron chi connectivity index (χ2n) is 11.5. The van der Waals surface area contributed by atoms with Crippen LogP contribution in [-0.4, -0.2) is 83.3 Å². The van der Waals surface area contributed by atoms with E-state index in [4.69, 9.17) is 21.1 Å². The zero-order valence-electron chi connectivity index (χ0n) is 24.1. The first-order chi connectivity index (χ1) is 20.1. The fourth-order valence-electron chi connectivity index (χ4n) is 6.63. The SMILES string of the molecule is CC[C@H](C)[C@H](CO)N1C(=O)[C@H]2[C@@H]3C(=O)O[C@H](C)CNC(=O)CC/C=C\CN(c4ccccc4Cl)C(=O)[C@H]1[C@@]21C=C[C@@H]3O1. The zero-order chi connectivity index (χ0) is 30.2. The van der Waals surface area contributed by atoms with Crippen LogP contribution in [0.5, 0.6) is 0 Å². The van der Waals surface area contributed by atoms with Crippen LogP contribution in [0.1, 0.15) is 40.0 Å². The molecule has 2 fully saturated rings. The molecule has 11 heteroatoms. The minimum Gasteiger partial charge on any atom is -0.460 e. The van der Waals surface area contributed by atoms with E-state index in [1.807, 2.05) is 19.9 Å². The second-order valence-corrected chi connectivity index (χ2v) is 12.0. The number of esters is 1. The van der Waals surface area contributed by atoms with E-state index in [1.165, 1.54) is 9.80 Å². The number of carbonyl (C=O) groups excluding carboxylic acids is 4. The number of hydrogen-bond donors (Lipinski definition) is 2. The molecule has 1 aromatic carbocycles. The third-order valence-electron chi connectivity index (χ3n) is 8.97. The van der Waals surface area contributed by atoms with E-state index in [1.54, 1.807) is 49.4 Å². The summed E-state index contributed by atoms with van der Waals surface area (Å²) in [6.07, 6.45) is 6.98. The van der Waals surface area contributed by atoms with Crippen LogP contribution >= 0.6 is 11.6 Å². The van der Waals surface area contributed by atoms with Crippen LogP contribution in [0, 0.1) is 17.8 Å². The molecule has 0 saturated carbocycles. The molecule has 4 aliphatic rings. The van der Waals surface area contributed by atoms with Crippen molar-refractivity contribution in [3.63, 3.8) is 0 Å². The van der Waals surface area contributed by atoms with Gasteiger partial charge in [-0.2, -0.15) is 0 Å². The van der Waals surface area contributed by atoms with Crippen molar-refractivity contribution < 1.29 is 33.8 Å². The summed E-state index contributed by atoms with van der Waals surface area (Å²) in [5.74, 6) is -3.85. The maximum absolute atomic E-state index is 14.8. The van der Waals surface area contributed by atoms with Crippen molar-refractivity contribution in [2.45, 2.75) is 69.9 Å². The minimum atomic E-state index is -1.43. The number of hydrogen-bond acceptors (Lipinski definition) is 7. The molecule has 3 amide bonds. The van der Waals surface area contributed by atoms with Gasteiger partial charge in [-0.1, -0.05) is 68.3 Å². The fraction of sp³-hybridized carbons (Fsp3) is 0.548. The Morgan fingerprint density at radius 3 is 2.64 bits per heavy atom. The number of benzene rings is 1. The van der Waals surface area contributed by atoms with E-state index in [0.717, 1.165) is 0 Å². The molecule has 10 nitrogen and oxygen atoms in total. The van der Waals surface area contributed by atoms with E-state index in [2.05, 4.69) is 5.32 Å². The number of aliphatic hydroxyl groups excluding tert-OH is 1. The fourth-order valence-corrected chi connectivity index (χ4v) is 6.87. The topological polar surface area (TPSA) is 125 Å². The highest BCUT2D eigenvalue weighted by molar-refractivity contribution is 6.34. The Morgan fingerprint density at radius 1 is 1.17 bits per heavy atom. The van der Waals surface area contributed by atoms with Crippen LogP contribution in [-0.2, 0) is 28.7 Å². The predicted molar refractivity (Wildman–Crippen MR) is 155 cm³/mol. The Balaban J connectivity index is 1.65. The Labute approximate surface area is 250 Å². The molecule has 1 aromatic rings. The van der Waals surface area contributed by atoms with Gasteiger partial charge in [0.1, 0.15) is 23.7 Å². The van der Waals surface area contributed by atoms with Crippen molar-refractivity contribution in [1.29, 1.82) is 0 Å². The van der Waals surface area contributed by atoms with E-state index in [-0.39, 0.29) is 37.9 Å². The van der Waals surface area contributed by atoms with Crippen LogP contribution in [0.4, 0.5) is 5.69 Å². The molecule has 226 valence electrons. The summed E-state index contributed by atoms with van der Waals surface area (Å²) in [4.78, 5) is 58.1. The number of cyclic esters (lactones) is 1. The lowest BCUT2D eigenvalue weighted by Gasteiger charge is -2.40. The van der Waals surface area contributed by atoms with Gasteiger partial charge in [0.25, 0.3) is 5.91 Å². The first-order valence-electron chi connectivity index (χ1n) is 14.6. The Kier molecular flexibility index (Phi) is 8.78. The van der Waals surface area contributed by atoms with E-state index < -0.39 is 59.5 Å². The summed E-state index contributed by atoms with van der Waals surface area (Å²) in [6.45, 7) is 5.43. The Morgan fingerprint density at radius 2 is 1.93 bits per heavy atom. The summed E-state index contributed by atoms with van der Waals surface area (Å²) in [5, 5.41) is 13.7. The lowest BCUT2D eigenvalue weighted by molar-refractivity contribution is -0.159. The van der Waals surface area contributed by atoms with Crippen molar-refractivity contribution >= 4 is 41.0 Å². The summed E-state index contributed by atoms with van der Waals surface area (Å²) in [6, 6.07) is 5.08. The number of ether oxygens (including phenoxy) is 2. The molecular formula is C31H38ClN3O7. The van der Waals surface area contributed by atoms with Crippen molar-refractivity contribution in [2.75, 3.05) is 24.6 Å².